The number of thioether (sulfide) groups is 1. The van der Waals surface area contributed by atoms with Gasteiger partial charge in [0.2, 0.25) is 35.4 Å². The van der Waals surface area contributed by atoms with Gasteiger partial charge in [0.1, 0.15) is 36.3 Å². The number of aliphatic hydroxyl groups is 1. The number of fused-ring (bicyclic) bond motifs is 1. The molecular formula is C34H50N8O11S. The van der Waals surface area contributed by atoms with E-state index in [9.17, 15) is 53.7 Å². The second-order valence-electron chi connectivity index (χ2n) is 12.9. The van der Waals surface area contributed by atoms with E-state index in [-0.39, 0.29) is 19.4 Å². The molecule has 2 aromatic rings. The van der Waals surface area contributed by atoms with E-state index in [1.54, 1.807) is 50.6 Å². The quantitative estimate of drug-likeness (QED) is 0.0614. The molecule has 0 unspecified atom stereocenters. The number of rotatable bonds is 22. The standard InChI is InChI=1S/C34H50N8O11S/c1-16(2)27(34(52)53)41-31(49)23(12-19-15-36-21-9-7-6-8-20(19)21)40-33(51)28(18(4)43)42-32(50)24(13-26(45)46)39-30(48)22(10-11-54-5)38-29(47)17(3)37-25(44)14-35/h6-9,15-18,22-24,27-28,36,43H,10-14,35H2,1-5H3,(H,37,44)(H,38,47)(H,39,48)(H,40,51)(H,41,49)(H,42,50)(H,45,46)(H,52,53)/t17-,18+,22-,23-,24-,27-,28-/m0/s1. The van der Waals surface area contributed by atoms with Crippen LogP contribution in [-0.2, 0) is 44.8 Å². The van der Waals surface area contributed by atoms with Crippen molar-refractivity contribution in [3.63, 3.8) is 0 Å². The summed E-state index contributed by atoms with van der Waals surface area (Å²) in [4.78, 5) is 105. The fourth-order valence-electron chi connectivity index (χ4n) is 5.24. The Morgan fingerprint density at radius 2 is 1.33 bits per heavy atom. The van der Waals surface area contributed by atoms with Gasteiger partial charge in [-0.1, -0.05) is 32.0 Å². The molecule has 0 aliphatic rings. The fourth-order valence-corrected chi connectivity index (χ4v) is 5.71. The molecular weight excluding hydrogens is 728 g/mol. The number of carbonyl (C=O) groups is 8. The Morgan fingerprint density at radius 3 is 1.91 bits per heavy atom. The molecule has 19 nitrogen and oxygen atoms in total. The summed E-state index contributed by atoms with van der Waals surface area (Å²) in [7, 11) is 0. The van der Waals surface area contributed by atoms with Gasteiger partial charge in [-0.25, -0.2) is 4.79 Å². The zero-order chi connectivity index (χ0) is 40.7. The number of aromatic amines is 1. The summed E-state index contributed by atoms with van der Waals surface area (Å²) in [6.45, 7) is 5.30. The number of carboxylic acids is 2. The van der Waals surface area contributed by atoms with Gasteiger partial charge in [0.15, 0.2) is 0 Å². The number of aromatic nitrogens is 1. The van der Waals surface area contributed by atoms with Gasteiger partial charge in [-0.2, -0.15) is 11.8 Å². The van der Waals surface area contributed by atoms with Gasteiger partial charge in [-0.3, -0.25) is 33.6 Å². The molecule has 54 heavy (non-hydrogen) atoms. The first-order valence-electron chi connectivity index (χ1n) is 17.1. The van der Waals surface area contributed by atoms with Crippen molar-refractivity contribution >= 4 is 70.0 Å². The van der Waals surface area contributed by atoms with Crippen molar-refractivity contribution in [2.24, 2.45) is 11.7 Å². The van der Waals surface area contributed by atoms with Crippen molar-refractivity contribution in [1.82, 2.24) is 36.9 Å². The third-order valence-corrected chi connectivity index (χ3v) is 8.88. The summed E-state index contributed by atoms with van der Waals surface area (Å²) in [5, 5.41) is 44.8. The molecule has 20 heteroatoms. The van der Waals surface area contributed by atoms with Crippen LogP contribution in [0.15, 0.2) is 30.5 Å². The van der Waals surface area contributed by atoms with E-state index in [1.165, 1.54) is 18.7 Å². The SMILES string of the molecule is CSCC[C@H](NC(=O)[C@H](C)NC(=O)CN)C(=O)N[C@@H](CC(=O)O)C(=O)N[C@H](C(=O)N[C@@H](Cc1c[nH]c2ccccc12)C(=O)N[C@H](C(=O)O)C(C)C)[C@@H](C)O. The third-order valence-electron chi connectivity index (χ3n) is 8.24. The normalized spacial score (nSPS) is 15.0. The minimum absolute atomic E-state index is 0.0514. The molecule has 12 N–H and O–H groups in total. The third kappa shape index (κ3) is 13.6. The highest BCUT2D eigenvalue weighted by molar-refractivity contribution is 7.98. The molecule has 1 heterocycles. The number of aliphatic carboxylic acids is 2. The van der Waals surface area contributed by atoms with Crippen molar-refractivity contribution in [2.75, 3.05) is 18.6 Å². The number of carboxylic acid groups (broad SMARTS) is 2. The highest BCUT2D eigenvalue weighted by Gasteiger charge is 2.36. The number of benzene rings is 1. The number of para-hydroxylation sites is 1. The minimum Gasteiger partial charge on any atom is -0.481 e. The Morgan fingerprint density at radius 1 is 0.759 bits per heavy atom. The molecule has 0 saturated heterocycles. The summed E-state index contributed by atoms with van der Waals surface area (Å²) >= 11 is 1.34. The summed E-state index contributed by atoms with van der Waals surface area (Å²) < 4.78 is 0. The molecule has 0 fully saturated rings. The van der Waals surface area contributed by atoms with Crippen molar-refractivity contribution in [1.29, 1.82) is 0 Å². The zero-order valence-electron chi connectivity index (χ0n) is 30.6. The van der Waals surface area contributed by atoms with Crippen LogP contribution in [0.2, 0.25) is 0 Å². The van der Waals surface area contributed by atoms with Crippen LogP contribution in [0, 0.1) is 5.92 Å². The summed E-state index contributed by atoms with van der Waals surface area (Å²) in [6, 6.07) is -1.56. The van der Waals surface area contributed by atoms with E-state index < -0.39 is 102 Å². The van der Waals surface area contributed by atoms with Crippen molar-refractivity contribution in [2.45, 2.75) is 89.3 Å². The second kappa shape index (κ2) is 21.5. The molecule has 0 radical (unpaired) electrons. The molecule has 7 atom stereocenters. The molecule has 298 valence electrons. The molecule has 0 saturated carbocycles. The Bertz CT molecular complexity index is 1670. The van der Waals surface area contributed by atoms with E-state index in [0.29, 0.717) is 11.3 Å². The Balaban J connectivity index is 2.34. The molecule has 0 spiro atoms. The minimum atomic E-state index is -1.81. The lowest BCUT2D eigenvalue weighted by Gasteiger charge is -2.28. The highest BCUT2D eigenvalue weighted by Crippen LogP contribution is 2.19. The van der Waals surface area contributed by atoms with Gasteiger partial charge < -0.3 is 57.9 Å². The number of nitrogens with two attached hydrogens (primary N) is 1. The lowest BCUT2D eigenvalue weighted by Crippen LogP contribution is -2.62. The maximum Gasteiger partial charge on any atom is 0.326 e. The Hall–Kier alpha value is -5.21. The molecule has 0 bridgehead atoms. The molecule has 0 aliphatic heterocycles. The van der Waals surface area contributed by atoms with Crippen LogP contribution >= 0.6 is 11.8 Å². The monoisotopic (exact) mass is 778 g/mol. The maximum absolute atomic E-state index is 13.7. The van der Waals surface area contributed by atoms with E-state index >= 15 is 0 Å². The largest absolute Gasteiger partial charge is 0.481 e. The van der Waals surface area contributed by atoms with E-state index in [2.05, 4.69) is 36.9 Å². The van der Waals surface area contributed by atoms with Crippen molar-refractivity contribution < 1.29 is 53.7 Å². The van der Waals surface area contributed by atoms with Gasteiger partial charge in [-0.15, -0.1) is 0 Å². The Kier molecular flexibility index (Phi) is 17.9. The molecule has 6 amide bonds. The number of nitrogens with one attached hydrogen (secondary N) is 7. The van der Waals surface area contributed by atoms with Crippen molar-refractivity contribution in [3.8, 4) is 0 Å². The summed E-state index contributed by atoms with van der Waals surface area (Å²) in [5.41, 5.74) is 6.59. The van der Waals surface area contributed by atoms with Gasteiger partial charge in [-0.05, 0) is 49.8 Å². The molecule has 2 rings (SSSR count). The van der Waals surface area contributed by atoms with Gasteiger partial charge >= 0.3 is 11.9 Å². The highest BCUT2D eigenvalue weighted by atomic mass is 32.2. The van der Waals surface area contributed by atoms with Crippen molar-refractivity contribution in [3.05, 3.63) is 36.0 Å². The van der Waals surface area contributed by atoms with Crippen LogP contribution in [-0.4, -0.2) is 129 Å². The summed E-state index contributed by atoms with van der Waals surface area (Å²) in [6.07, 6.45) is 0.694. The molecule has 0 aliphatic carbocycles. The second-order valence-corrected chi connectivity index (χ2v) is 13.9. The molecule has 1 aromatic carbocycles. The number of aliphatic hydroxyl groups excluding tert-OH is 1. The predicted molar refractivity (Wildman–Crippen MR) is 198 cm³/mol. The number of H-pyrrole nitrogens is 1. The zero-order valence-corrected chi connectivity index (χ0v) is 31.5. The van der Waals surface area contributed by atoms with E-state index in [1.807, 2.05) is 0 Å². The first kappa shape index (κ1) is 44.9. The van der Waals surface area contributed by atoms with E-state index in [0.717, 1.165) is 17.8 Å². The fraction of sp³-hybridized carbons (Fsp3) is 0.529. The average molecular weight is 779 g/mol. The van der Waals surface area contributed by atoms with Crippen LogP contribution in [0.5, 0.6) is 0 Å². The lowest BCUT2D eigenvalue weighted by atomic mass is 10.0. The number of hydrogen-bond acceptors (Lipinski definition) is 11. The maximum atomic E-state index is 13.7. The van der Waals surface area contributed by atoms with Crippen LogP contribution in [0.4, 0.5) is 0 Å². The topological polar surface area (TPSA) is 311 Å². The first-order valence-corrected chi connectivity index (χ1v) is 18.5. The summed E-state index contributed by atoms with van der Waals surface area (Å²) in [5.74, 6) is -8.43. The van der Waals surface area contributed by atoms with Crippen LogP contribution in [0.1, 0.15) is 46.1 Å². The molecule has 1 aromatic heterocycles. The van der Waals surface area contributed by atoms with Crippen LogP contribution in [0.25, 0.3) is 10.9 Å². The lowest BCUT2D eigenvalue weighted by molar-refractivity contribution is -0.143. The van der Waals surface area contributed by atoms with Crippen LogP contribution < -0.4 is 37.6 Å². The number of amides is 6. The van der Waals surface area contributed by atoms with Gasteiger partial charge in [0, 0.05) is 23.5 Å². The Labute approximate surface area is 315 Å². The van der Waals surface area contributed by atoms with Gasteiger partial charge in [0.25, 0.3) is 0 Å². The van der Waals surface area contributed by atoms with Crippen LogP contribution in [0.3, 0.4) is 0 Å². The smallest absolute Gasteiger partial charge is 0.326 e. The number of carbonyl (C=O) groups excluding carboxylic acids is 6. The first-order chi connectivity index (χ1) is 25.4. The number of hydrogen-bond donors (Lipinski definition) is 11. The van der Waals surface area contributed by atoms with E-state index in [4.69, 9.17) is 5.73 Å². The van der Waals surface area contributed by atoms with Gasteiger partial charge in [0.05, 0.1) is 19.1 Å². The predicted octanol–water partition coefficient (Wildman–Crippen LogP) is -2.05. The average Bonchev–Trinajstić information content (AvgIpc) is 3.51.